The molecule has 6 nitrogen and oxygen atoms in total. The summed E-state index contributed by atoms with van der Waals surface area (Å²) in [6.45, 7) is 5.68. The summed E-state index contributed by atoms with van der Waals surface area (Å²) in [6.07, 6.45) is -0.505. The van der Waals surface area contributed by atoms with Gasteiger partial charge in [0.15, 0.2) is 0 Å². The smallest absolute Gasteiger partial charge is 0.238 e. The molecule has 8 heteroatoms. The Morgan fingerprint density at radius 2 is 1.10 bits per heavy atom. The van der Waals surface area contributed by atoms with Crippen LogP contribution in [-0.4, -0.2) is 16.3 Å². The van der Waals surface area contributed by atoms with Gasteiger partial charge in [0, 0.05) is 40.5 Å². The molecule has 30 heavy (non-hydrogen) atoms. The Balaban J connectivity index is 0.00000160. The molecule has 0 radical (unpaired) electrons. The van der Waals surface area contributed by atoms with E-state index in [1.807, 2.05) is 69.3 Å². The molecule has 0 spiro atoms. The van der Waals surface area contributed by atoms with Crippen LogP contribution >= 0.6 is 24.8 Å². The Kier molecular flexibility index (Phi) is 7.18. The van der Waals surface area contributed by atoms with E-state index >= 15 is 0 Å². The molecule has 0 amide bonds. The lowest BCUT2D eigenvalue weighted by Crippen LogP contribution is -2.19. The number of nitrogen functional groups attached to an aromatic ring is 2. The minimum atomic E-state index is -0.505. The normalized spacial score (nSPS) is 10.5. The van der Waals surface area contributed by atoms with Crippen molar-refractivity contribution >= 4 is 58.0 Å². The first kappa shape index (κ1) is 23.3. The van der Waals surface area contributed by atoms with Crippen molar-refractivity contribution in [3.8, 4) is 11.5 Å². The number of nitrogens with two attached hydrogens (primary N) is 2. The van der Waals surface area contributed by atoms with Gasteiger partial charge in [-0.2, -0.15) is 0 Å². The summed E-state index contributed by atoms with van der Waals surface area (Å²) in [4.78, 5) is 8.97. The molecule has 0 atom stereocenters. The molecule has 4 rings (SSSR count). The highest BCUT2D eigenvalue weighted by atomic mass is 35.5. The predicted octanol–water partition coefficient (Wildman–Crippen LogP) is 5.21. The van der Waals surface area contributed by atoms with Crippen LogP contribution in [0.2, 0.25) is 0 Å². The van der Waals surface area contributed by atoms with Crippen LogP contribution in [0.5, 0.6) is 11.5 Å². The molecular formula is C22H24Cl2N4O2. The zero-order valence-corrected chi connectivity index (χ0v) is 18.5. The van der Waals surface area contributed by atoms with Crippen LogP contribution in [0.15, 0.2) is 48.5 Å². The molecule has 2 aromatic carbocycles. The van der Waals surface area contributed by atoms with Gasteiger partial charge in [0.1, 0.15) is 11.5 Å². The molecule has 0 saturated heterocycles. The standard InChI is InChI=1S/C22H22N4O2.2ClH/c1-12-8-19(23)17-10-15(4-6-21(17)25-12)27-14(3)28-16-5-7-22-18(11-16)20(24)9-13(2)26-22;;/h4-11,14H,1-3H3,(H2,23,25)(H2,24,26);2*1H. The van der Waals surface area contributed by atoms with E-state index in [-0.39, 0.29) is 24.8 Å². The van der Waals surface area contributed by atoms with Crippen LogP contribution in [-0.2, 0) is 0 Å². The number of anilines is 2. The third-order valence-electron chi connectivity index (χ3n) is 4.48. The lowest BCUT2D eigenvalue weighted by molar-refractivity contribution is 0.0225. The molecule has 0 aliphatic heterocycles. The maximum absolute atomic E-state index is 6.11. The predicted molar refractivity (Wildman–Crippen MR) is 127 cm³/mol. The first-order valence-electron chi connectivity index (χ1n) is 9.06. The Bertz CT molecular complexity index is 1110. The monoisotopic (exact) mass is 446 g/mol. The Labute approximate surface area is 187 Å². The van der Waals surface area contributed by atoms with Crippen LogP contribution in [0.25, 0.3) is 21.8 Å². The Hall–Kier alpha value is -2.96. The molecule has 0 aliphatic carbocycles. The SMILES string of the molecule is Cc1cc(N)c2cc(OC(C)Oc3ccc4nc(C)cc(N)c4c3)ccc2n1.Cl.Cl. The number of pyridine rings is 2. The number of hydrogen-bond acceptors (Lipinski definition) is 6. The highest BCUT2D eigenvalue weighted by Crippen LogP contribution is 2.28. The van der Waals surface area contributed by atoms with Crippen molar-refractivity contribution in [1.29, 1.82) is 0 Å². The van der Waals surface area contributed by atoms with Gasteiger partial charge in [0.05, 0.1) is 11.0 Å². The summed E-state index contributed by atoms with van der Waals surface area (Å²) in [5, 5.41) is 1.71. The second-order valence-corrected chi connectivity index (χ2v) is 6.87. The van der Waals surface area contributed by atoms with E-state index in [9.17, 15) is 0 Å². The number of nitrogens with zero attached hydrogens (tertiary/aromatic N) is 2. The molecule has 2 heterocycles. The first-order chi connectivity index (χ1) is 13.4. The molecule has 0 bridgehead atoms. The van der Waals surface area contributed by atoms with Gasteiger partial charge in [0.25, 0.3) is 0 Å². The van der Waals surface area contributed by atoms with Gasteiger partial charge in [-0.05, 0) is 62.4 Å². The molecule has 158 valence electrons. The van der Waals surface area contributed by atoms with E-state index in [0.717, 1.165) is 33.2 Å². The lowest BCUT2D eigenvalue weighted by Gasteiger charge is -2.17. The van der Waals surface area contributed by atoms with Crippen molar-refractivity contribution in [1.82, 2.24) is 9.97 Å². The first-order valence-corrected chi connectivity index (χ1v) is 9.06. The summed E-state index contributed by atoms with van der Waals surface area (Å²) in [5.41, 5.74) is 17.0. The van der Waals surface area contributed by atoms with Gasteiger partial charge < -0.3 is 20.9 Å². The largest absolute Gasteiger partial charge is 0.455 e. The van der Waals surface area contributed by atoms with Crippen molar-refractivity contribution in [2.45, 2.75) is 27.1 Å². The van der Waals surface area contributed by atoms with E-state index in [0.29, 0.717) is 22.9 Å². The van der Waals surface area contributed by atoms with Gasteiger partial charge in [-0.25, -0.2) is 0 Å². The van der Waals surface area contributed by atoms with Gasteiger partial charge >= 0.3 is 0 Å². The number of rotatable bonds is 4. The molecule has 0 aliphatic rings. The van der Waals surface area contributed by atoms with Crippen molar-refractivity contribution in [3.05, 3.63) is 59.9 Å². The van der Waals surface area contributed by atoms with Crippen LogP contribution in [0.3, 0.4) is 0 Å². The number of hydrogen-bond donors (Lipinski definition) is 2. The highest BCUT2D eigenvalue weighted by Gasteiger charge is 2.10. The summed E-state index contributed by atoms with van der Waals surface area (Å²) >= 11 is 0. The van der Waals surface area contributed by atoms with E-state index in [1.165, 1.54) is 0 Å². The van der Waals surface area contributed by atoms with Crippen LogP contribution in [0.1, 0.15) is 18.3 Å². The average Bonchev–Trinajstić information content (AvgIpc) is 2.62. The highest BCUT2D eigenvalue weighted by molar-refractivity contribution is 5.92. The maximum atomic E-state index is 6.11. The zero-order chi connectivity index (χ0) is 19.8. The molecule has 0 fully saturated rings. The average molecular weight is 447 g/mol. The maximum Gasteiger partial charge on any atom is 0.238 e. The fourth-order valence-corrected chi connectivity index (χ4v) is 3.29. The van der Waals surface area contributed by atoms with Crippen LogP contribution in [0.4, 0.5) is 11.4 Å². The molecule has 0 saturated carbocycles. The van der Waals surface area contributed by atoms with E-state index in [2.05, 4.69) is 9.97 Å². The fourth-order valence-electron chi connectivity index (χ4n) is 3.29. The Morgan fingerprint density at radius 1 is 0.700 bits per heavy atom. The topological polar surface area (TPSA) is 96.3 Å². The third-order valence-corrected chi connectivity index (χ3v) is 4.48. The van der Waals surface area contributed by atoms with Gasteiger partial charge in [-0.3, -0.25) is 9.97 Å². The van der Waals surface area contributed by atoms with Gasteiger partial charge in [-0.15, -0.1) is 24.8 Å². The van der Waals surface area contributed by atoms with E-state index in [4.69, 9.17) is 20.9 Å². The summed E-state index contributed by atoms with van der Waals surface area (Å²) in [5.74, 6) is 1.32. The summed E-state index contributed by atoms with van der Waals surface area (Å²) in [6, 6.07) is 15.0. The van der Waals surface area contributed by atoms with Crippen molar-refractivity contribution < 1.29 is 9.47 Å². The number of ether oxygens (including phenoxy) is 2. The second-order valence-electron chi connectivity index (χ2n) is 6.87. The van der Waals surface area contributed by atoms with Crippen molar-refractivity contribution in [2.75, 3.05) is 11.5 Å². The minimum Gasteiger partial charge on any atom is -0.455 e. The quantitative estimate of drug-likeness (QED) is 0.417. The number of aromatic nitrogens is 2. The molecule has 4 N–H and O–H groups in total. The van der Waals surface area contributed by atoms with E-state index < -0.39 is 6.29 Å². The molecular weight excluding hydrogens is 423 g/mol. The van der Waals surface area contributed by atoms with Gasteiger partial charge in [0.2, 0.25) is 6.29 Å². The van der Waals surface area contributed by atoms with Crippen molar-refractivity contribution in [3.63, 3.8) is 0 Å². The molecule has 2 aromatic heterocycles. The summed E-state index contributed by atoms with van der Waals surface area (Å²) in [7, 11) is 0. The lowest BCUT2D eigenvalue weighted by atomic mass is 10.1. The van der Waals surface area contributed by atoms with Crippen LogP contribution in [0, 0.1) is 13.8 Å². The zero-order valence-electron chi connectivity index (χ0n) is 16.9. The molecule has 4 aromatic rings. The number of halogens is 2. The fraction of sp³-hybridized carbons (Fsp3) is 0.182. The second kappa shape index (κ2) is 9.24. The van der Waals surface area contributed by atoms with Gasteiger partial charge in [-0.1, -0.05) is 0 Å². The van der Waals surface area contributed by atoms with Crippen molar-refractivity contribution in [2.24, 2.45) is 0 Å². The number of fused-ring (bicyclic) bond motifs is 2. The number of aryl methyl sites for hydroxylation is 2. The summed E-state index contributed by atoms with van der Waals surface area (Å²) < 4.78 is 11.8. The third kappa shape index (κ3) is 4.78. The Morgan fingerprint density at radius 3 is 1.50 bits per heavy atom. The number of benzene rings is 2. The minimum absolute atomic E-state index is 0. The molecule has 0 unspecified atom stereocenters. The van der Waals surface area contributed by atoms with Crippen LogP contribution < -0.4 is 20.9 Å². The van der Waals surface area contributed by atoms with E-state index in [1.54, 1.807) is 0 Å².